The van der Waals surface area contributed by atoms with Crippen molar-refractivity contribution in [2.24, 2.45) is 0 Å². The van der Waals surface area contributed by atoms with Gasteiger partial charge in [-0.25, -0.2) is 0 Å². The number of hydrogen-bond donors (Lipinski definition) is 3. The van der Waals surface area contributed by atoms with Crippen molar-refractivity contribution in [2.45, 2.75) is 6.92 Å². The summed E-state index contributed by atoms with van der Waals surface area (Å²) < 4.78 is 5.17. The maximum absolute atomic E-state index is 11.9. The van der Waals surface area contributed by atoms with Crippen molar-refractivity contribution in [3.8, 4) is 39.6 Å². The molecule has 0 fully saturated rings. The standard InChI is InChI=1S/C23H18ClNO4/c1-12(26)21-17-10-16(18(24)11-19(17)25-23(21)28)14-8-6-13(7-9-14)15-4-3-5-20(29-2)22(15)27/h3-11,25,27-28H,1-2H3. The Kier molecular flexibility index (Phi) is 4.68. The van der Waals surface area contributed by atoms with Gasteiger partial charge in [-0.05, 0) is 36.2 Å². The van der Waals surface area contributed by atoms with E-state index in [-0.39, 0.29) is 23.0 Å². The molecule has 1 aromatic heterocycles. The number of nitrogens with one attached hydrogen (secondary N) is 1. The monoisotopic (exact) mass is 407 g/mol. The number of phenolic OH excluding ortho intramolecular Hbond substituents is 1. The minimum Gasteiger partial charge on any atom is -0.504 e. The van der Waals surface area contributed by atoms with Gasteiger partial charge in [-0.2, -0.15) is 0 Å². The highest BCUT2D eigenvalue weighted by Crippen LogP contribution is 2.39. The van der Waals surface area contributed by atoms with Crippen LogP contribution < -0.4 is 4.74 Å². The molecule has 0 unspecified atom stereocenters. The zero-order valence-electron chi connectivity index (χ0n) is 15.8. The lowest BCUT2D eigenvalue weighted by molar-refractivity contribution is 0.101. The van der Waals surface area contributed by atoms with Crippen molar-refractivity contribution in [3.05, 3.63) is 65.2 Å². The summed E-state index contributed by atoms with van der Waals surface area (Å²) in [7, 11) is 1.51. The van der Waals surface area contributed by atoms with Crippen molar-refractivity contribution in [2.75, 3.05) is 7.11 Å². The Labute approximate surface area is 172 Å². The van der Waals surface area contributed by atoms with Crippen LogP contribution in [0, 0.1) is 0 Å². The number of aromatic amines is 1. The lowest BCUT2D eigenvalue weighted by atomic mass is 9.98. The fourth-order valence-electron chi connectivity index (χ4n) is 3.53. The van der Waals surface area contributed by atoms with Crippen LogP contribution >= 0.6 is 11.6 Å². The molecule has 0 radical (unpaired) electrons. The van der Waals surface area contributed by atoms with Gasteiger partial charge >= 0.3 is 0 Å². The number of Topliss-reactive ketones (excluding diaryl/α,β-unsaturated/α-hetero) is 1. The predicted octanol–water partition coefficient (Wildman–Crippen LogP) is 5.78. The number of ketones is 1. The first-order chi connectivity index (χ1) is 13.9. The lowest BCUT2D eigenvalue weighted by Crippen LogP contribution is -1.90. The molecule has 0 aliphatic heterocycles. The first kappa shape index (κ1) is 18.9. The highest BCUT2D eigenvalue weighted by atomic mass is 35.5. The third-order valence-corrected chi connectivity index (χ3v) is 5.26. The molecule has 0 aliphatic carbocycles. The number of aromatic hydroxyl groups is 2. The van der Waals surface area contributed by atoms with Crippen LogP contribution in [0.4, 0.5) is 0 Å². The van der Waals surface area contributed by atoms with Crippen LogP contribution in [0.5, 0.6) is 17.4 Å². The van der Waals surface area contributed by atoms with Gasteiger partial charge < -0.3 is 19.9 Å². The van der Waals surface area contributed by atoms with E-state index in [4.69, 9.17) is 16.3 Å². The number of carbonyl (C=O) groups is 1. The summed E-state index contributed by atoms with van der Waals surface area (Å²) >= 11 is 6.46. The molecule has 4 aromatic rings. The Hall–Kier alpha value is -3.44. The molecule has 0 atom stereocenters. The van der Waals surface area contributed by atoms with Crippen molar-refractivity contribution in [3.63, 3.8) is 0 Å². The maximum Gasteiger partial charge on any atom is 0.200 e. The number of rotatable bonds is 4. The zero-order chi connectivity index (χ0) is 20.7. The maximum atomic E-state index is 11.9. The highest BCUT2D eigenvalue weighted by molar-refractivity contribution is 6.34. The van der Waals surface area contributed by atoms with Crippen LogP contribution in [0.25, 0.3) is 33.2 Å². The smallest absolute Gasteiger partial charge is 0.200 e. The number of H-pyrrole nitrogens is 1. The minimum atomic E-state index is -0.231. The molecule has 6 heteroatoms. The van der Waals surface area contributed by atoms with Gasteiger partial charge in [0.25, 0.3) is 0 Å². The van der Waals surface area contributed by atoms with Crippen molar-refractivity contribution >= 4 is 28.3 Å². The Morgan fingerprint density at radius 2 is 1.66 bits per heavy atom. The van der Waals surface area contributed by atoms with Gasteiger partial charge in [0.1, 0.15) is 0 Å². The van der Waals surface area contributed by atoms with E-state index in [9.17, 15) is 15.0 Å². The van der Waals surface area contributed by atoms with Crippen molar-refractivity contribution < 1.29 is 19.7 Å². The number of benzene rings is 3. The van der Waals surface area contributed by atoms with Crippen molar-refractivity contribution in [1.29, 1.82) is 0 Å². The minimum absolute atomic E-state index is 0.0797. The van der Waals surface area contributed by atoms with Gasteiger partial charge in [0.15, 0.2) is 17.3 Å². The molecule has 0 saturated heterocycles. The molecular formula is C23H18ClNO4. The molecule has 0 bridgehead atoms. The van der Waals surface area contributed by atoms with Crippen LogP contribution in [0.3, 0.4) is 0 Å². The Morgan fingerprint density at radius 3 is 2.28 bits per heavy atom. The number of halogens is 1. The summed E-state index contributed by atoms with van der Waals surface area (Å²) in [6.45, 7) is 1.41. The fraction of sp³-hybridized carbons (Fsp3) is 0.0870. The molecule has 3 aromatic carbocycles. The van der Waals surface area contributed by atoms with Crippen LogP contribution in [0.1, 0.15) is 17.3 Å². The number of methoxy groups -OCH3 is 1. The van der Waals surface area contributed by atoms with E-state index in [1.165, 1.54) is 14.0 Å². The Balaban J connectivity index is 1.80. The fourth-order valence-corrected chi connectivity index (χ4v) is 3.80. The van der Waals surface area contributed by atoms with Gasteiger partial charge in [-0.1, -0.05) is 48.0 Å². The summed E-state index contributed by atoms with van der Waals surface area (Å²) in [5, 5.41) is 21.5. The Morgan fingerprint density at radius 1 is 1.00 bits per heavy atom. The van der Waals surface area contributed by atoms with E-state index in [0.717, 1.165) is 16.7 Å². The second-order valence-electron chi connectivity index (χ2n) is 6.72. The first-order valence-corrected chi connectivity index (χ1v) is 9.30. The van der Waals surface area contributed by atoms with Gasteiger partial charge in [-0.15, -0.1) is 0 Å². The number of para-hydroxylation sites is 1. The molecule has 4 rings (SSSR count). The number of fused-ring (bicyclic) bond motifs is 1. The van der Waals surface area contributed by atoms with E-state index < -0.39 is 0 Å². The molecule has 1 heterocycles. The molecule has 0 amide bonds. The Bertz CT molecular complexity index is 1240. The molecule has 3 N–H and O–H groups in total. The van der Waals surface area contributed by atoms with Crippen LogP contribution in [0.15, 0.2) is 54.6 Å². The van der Waals surface area contributed by atoms with Crippen LogP contribution in [0.2, 0.25) is 5.02 Å². The normalized spacial score (nSPS) is 11.0. The summed E-state index contributed by atoms with van der Waals surface area (Å²) in [4.78, 5) is 14.7. The largest absolute Gasteiger partial charge is 0.504 e. The number of hydrogen-bond acceptors (Lipinski definition) is 4. The summed E-state index contributed by atoms with van der Waals surface area (Å²) in [5.41, 5.74) is 3.91. The second kappa shape index (κ2) is 7.18. The van der Waals surface area contributed by atoms with E-state index >= 15 is 0 Å². The molecular weight excluding hydrogens is 390 g/mol. The number of carbonyl (C=O) groups excluding carboxylic acids is 1. The van der Waals surface area contributed by atoms with Crippen LogP contribution in [-0.2, 0) is 0 Å². The zero-order valence-corrected chi connectivity index (χ0v) is 16.5. The second-order valence-corrected chi connectivity index (χ2v) is 7.12. The molecule has 146 valence electrons. The van der Waals surface area contributed by atoms with Gasteiger partial charge in [0.2, 0.25) is 5.88 Å². The average molecular weight is 408 g/mol. The molecule has 5 nitrogen and oxygen atoms in total. The summed E-state index contributed by atoms with van der Waals surface area (Å²) in [6.07, 6.45) is 0. The highest BCUT2D eigenvalue weighted by Gasteiger charge is 2.17. The van der Waals surface area contributed by atoms with Gasteiger partial charge in [-0.3, -0.25) is 4.79 Å². The molecule has 29 heavy (non-hydrogen) atoms. The van der Waals surface area contributed by atoms with Gasteiger partial charge in [0, 0.05) is 16.5 Å². The van der Waals surface area contributed by atoms with E-state index in [2.05, 4.69) is 4.98 Å². The first-order valence-electron chi connectivity index (χ1n) is 8.92. The van der Waals surface area contributed by atoms with E-state index in [1.54, 1.807) is 18.2 Å². The quantitative estimate of drug-likeness (QED) is 0.374. The summed E-state index contributed by atoms with van der Waals surface area (Å²) in [5.74, 6) is 0.0932. The SMILES string of the molecule is COc1cccc(-c2ccc(-c3cc4c(C(C)=O)c(O)[nH]c4cc3Cl)cc2)c1O. The third-order valence-electron chi connectivity index (χ3n) is 4.94. The molecule has 0 aliphatic rings. The molecule has 0 spiro atoms. The van der Waals surface area contributed by atoms with E-state index in [1.807, 2.05) is 36.4 Å². The van der Waals surface area contributed by atoms with Gasteiger partial charge in [0.05, 0.1) is 23.2 Å². The molecule has 0 saturated carbocycles. The topological polar surface area (TPSA) is 82.5 Å². The predicted molar refractivity (Wildman–Crippen MR) is 114 cm³/mol. The summed E-state index contributed by atoms with van der Waals surface area (Å²) in [6, 6.07) is 16.4. The van der Waals surface area contributed by atoms with Crippen LogP contribution in [-0.4, -0.2) is 28.1 Å². The number of ether oxygens (including phenoxy) is 1. The third kappa shape index (κ3) is 3.19. The number of phenols is 1. The lowest BCUT2D eigenvalue weighted by Gasteiger charge is -2.10. The number of aromatic nitrogens is 1. The average Bonchev–Trinajstić information content (AvgIpc) is 3.02. The van der Waals surface area contributed by atoms with Crippen molar-refractivity contribution in [1.82, 2.24) is 4.98 Å². The van der Waals surface area contributed by atoms with E-state index in [0.29, 0.717) is 27.2 Å².